The lowest BCUT2D eigenvalue weighted by Crippen LogP contribution is -2.42. The molecule has 13 heteroatoms. The fraction of sp³-hybridized carbons (Fsp3) is 0.400. The minimum Gasteiger partial charge on any atom is -0.370 e. The Morgan fingerprint density at radius 3 is 1.84 bits per heavy atom. The van der Waals surface area contributed by atoms with Gasteiger partial charge in [-0.05, 0) is 5.56 Å². The normalized spacial score (nSPS) is 32.0. The summed E-state index contributed by atoms with van der Waals surface area (Å²) in [5.41, 5.74) is 6.50. The van der Waals surface area contributed by atoms with Gasteiger partial charge in [0.1, 0.15) is 0 Å². The zero-order chi connectivity index (χ0) is 30.8. The van der Waals surface area contributed by atoms with E-state index in [1.165, 1.54) is 24.1 Å². The van der Waals surface area contributed by atoms with Gasteiger partial charge in [-0.3, -0.25) is 39.3 Å². The van der Waals surface area contributed by atoms with Crippen molar-refractivity contribution in [2.24, 2.45) is 34.4 Å². The standard InChI is InChI=1S/C30H34N6O7/c1-4-17-21-23(26(38)35(25(21)37)14-13-33-29(31)34-30(41)32-3)19(42-17)11-12-20-24-22(18(5-2)43-20)27(39)36(28(24)40)15-16-9-7-6-8-10-16/h4-12,17-24H,1-2,13-15H2,3H3,(H4,31,32,33,34,41)/b12-11-. The molecule has 0 radical (unpaired) electrons. The molecule has 4 fully saturated rings. The SMILES string of the molecule is C=CC1OC(/C=C\C2OC(C=C)C3C(=O)N(Cc4ccccc4)C(=O)C23)C2C(=O)N(CCN=C(N)NC(=O)NC)C(=O)C12. The molecule has 4 aliphatic heterocycles. The lowest BCUT2D eigenvalue weighted by Gasteiger charge is -2.20. The van der Waals surface area contributed by atoms with Crippen LogP contribution in [0, 0.1) is 23.7 Å². The van der Waals surface area contributed by atoms with E-state index >= 15 is 0 Å². The third-order valence-corrected chi connectivity index (χ3v) is 8.24. The Bertz CT molecular complexity index is 1390. The Hall–Kier alpha value is -4.62. The third-order valence-electron chi connectivity index (χ3n) is 8.24. The van der Waals surface area contributed by atoms with E-state index in [9.17, 15) is 24.0 Å². The van der Waals surface area contributed by atoms with E-state index in [2.05, 4.69) is 28.8 Å². The van der Waals surface area contributed by atoms with Gasteiger partial charge in [0.2, 0.25) is 23.6 Å². The lowest BCUT2D eigenvalue weighted by molar-refractivity contribution is -0.144. The van der Waals surface area contributed by atoms with Gasteiger partial charge in [-0.1, -0.05) is 54.6 Å². The number of hydrogen-bond acceptors (Lipinski definition) is 8. The number of nitrogens with zero attached hydrogens (tertiary/aromatic N) is 3. The highest BCUT2D eigenvalue weighted by molar-refractivity contribution is 6.07. The number of imide groups is 2. The van der Waals surface area contributed by atoms with Crippen molar-refractivity contribution in [2.45, 2.75) is 31.0 Å². The molecule has 0 spiro atoms. The van der Waals surface area contributed by atoms with Gasteiger partial charge in [-0.25, -0.2) is 4.79 Å². The summed E-state index contributed by atoms with van der Waals surface area (Å²) in [6.07, 6.45) is 3.35. The van der Waals surface area contributed by atoms with Gasteiger partial charge in [0.15, 0.2) is 5.96 Å². The number of nitrogens with one attached hydrogen (secondary N) is 2. The first-order valence-corrected chi connectivity index (χ1v) is 14.0. The smallest absolute Gasteiger partial charge is 0.321 e. The highest BCUT2D eigenvalue weighted by atomic mass is 16.5. The van der Waals surface area contributed by atoms with Gasteiger partial charge in [-0.15, -0.1) is 13.2 Å². The fourth-order valence-electron chi connectivity index (χ4n) is 6.22. The van der Waals surface area contributed by atoms with Crippen LogP contribution in [-0.4, -0.2) is 90.0 Å². The Labute approximate surface area is 248 Å². The first kappa shape index (κ1) is 29.9. The lowest BCUT2D eigenvalue weighted by atomic mass is 9.87. The number of likely N-dealkylation sites (tertiary alicyclic amines) is 2. The summed E-state index contributed by atoms with van der Waals surface area (Å²) in [4.78, 5) is 71.2. The number of ether oxygens (including phenoxy) is 2. The number of guanidine groups is 1. The summed E-state index contributed by atoms with van der Waals surface area (Å²) >= 11 is 0. The van der Waals surface area contributed by atoms with Crippen molar-refractivity contribution < 1.29 is 33.4 Å². The van der Waals surface area contributed by atoms with Crippen LogP contribution in [0.4, 0.5) is 4.79 Å². The molecule has 6 amide bonds. The van der Waals surface area contributed by atoms with E-state index in [1.54, 1.807) is 12.2 Å². The maximum atomic E-state index is 13.5. The second-order valence-electron chi connectivity index (χ2n) is 10.6. The van der Waals surface area contributed by atoms with Crippen LogP contribution in [0.25, 0.3) is 0 Å². The second-order valence-corrected chi connectivity index (χ2v) is 10.6. The van der Waals surface area contributed by atoms with E-state index in [0.717, 1.165) is 10.5 Å². The molecule has 0 bridgehead atoms. The summed E-state index contributed by atoms with van der Waals surface area (Å²) in [5, 5.41) is 4.65. The van der Waals surface area contributed by atoms with Crippen molar-refractivity contribution in [2.75, 3.05) is 20.1 Å². The van der Waals surface area contributed by atoms with Crippen LogP contribution in [0.2, 0.25) is 0 Å². The Morgan fingerprint density at radius 1 is 0.860 bits per heavy atom. The molecule has 5 rings (SSSR count). The Balaban J connectivity index is 1.30. The van der Waals surface area contributed by atoms with E-state index in [1.807, 2.05) is 30.3 Å². The van der Waals surface area contributed by atoms with Crippen molar-refractivity contribution in [1.82, 2.24) is 20.4 Å². The molecule has 4 heterocycles. The Kier molecular flexibility index (Phi) is 8.55. The molecular formula is C30H34N6O7. The van der Waals surface area contributed by atoms with Gasteiger partial charge >= 0.3 is 6.03 Å². The minimum atomic E-state index is -0.819. The molecular weight excluding hydrogens is 556 g/mol. The molecule has 4 N–H and O–H groups in total. The first-order chi connectivity index (χ1) is 20.7. The molecule has 0 aliphatic carbocycles. The molecule has 1 aromatic carbocycles. The average molecular weight is 591 g/mol. The number of aliphatic imine (C=N–C) groups is 1. The monoisotopic (exact) mass is 590 g/mol. The molecule has 1 aromatic rings. The van der Waals surface area contributed by atoms with Gasteiger partial charge in [0, 0.05) is 13.6 Å². The quantitative estimate of drug-likeness (QED) is 0.157. The summed E-state index contributed by atoms with van der Waals surface area (Å²) < 4.78 is 12.1. The van der Waals surface area contributed by atoms with E-state index in [4.69, 9.17) is 15.2 Å². The molecule has 43 heavy (non-hydrogen) atoms. The second kappa shape index (κ2) is 12.3. The van der Waals surface area contributed by atoms with E-state index in [-0.39, 0.29) is 37.4 Å². The number of rotatable bonds is 9. The van der Waals surface area contributed by atoms with Crippen molar-refractivity contribution >= 4 is 35.6 Å². The Morgan fingerprint density at radius 2 is 1.35 bits per heavy atom. The van der Waals surface area contributed by atoms with Crippen LogP contribution in [0.1, 0.15) is 5.56 Å². The van der Waals surface area contributed by atoms with E-state index in [0.29, 0.717) is 0 Å². The number of urea groups is 1. The number of amides is 6. The number of nitrogens with two attached hydrogens (primary N) is 1. The van der Waals surface area contributed by atoms with Crippen LogP contribution in [0.3, 0.4) is 0 Å². The van der Waals surface area contributed by atoms with Crippen LogP contribution in [0.5, 0.6) is 0 Å². The molecule has 0 saturated carbocycles. The predicted octanol–water partition coefficient (Wildman–Crippen LogP) is 0.0957. The number of benzene rings is 1. The van der Waals surface area contributed by atoms with Gasteiger partial charge < -0.3 is 20.5 Å². The number of carbonyl (C=O) groups is 5. The molecule has 8 atom stereocenters. The maximum Gasteiger partial charge on any atom is 0.321 e. The summed E-state index contributed by atoms with van der Waals surface area (Å²) in [7, 11) is 1.42. The molecule has 0 aromatic heterocycles. The number of fused-ring (bicyclic) bond motifs is 2. The largest absolute Gasteiger partial charge is 0.370 e. The highest BCUT2D eigenvalue weighted by Gasteiger charge is 2.60. The maximum absolute atomic E-state index is 13.5. The van der Waals surface area contributed by atoms with Crippen LogP contribution in [-0.2, 0) is 35.2 Å². The zero-order valence-electron chi connectivity index (χ0n) is 23.6. The van der Waals surface area contributed by atoms with Crippen LogP contribution >= 0.6 is 0 Å². The minimum absolute atomic E-state index is 0.00951. The predicted molar refractivity (Wildman–Crippen MR) is 154 cm³/mol. The number of hydrogen-bond donors (Lipinski definition) is 3. The van der Waals surface area contributed by atoms with Gasteiger partial charge in [-0.2, -0.15) is 0 Å². The van der Waals surface area contributed by atoms with E-state index < -0.39 is 65.9 Å². The van der Waals surface area contributed by atoms with Crippen molar-refractivity contribution in [3.8, 4) is 0 Å². The topological polar surface area (TPSA) is 173 Å². The zero-order valence-corrected chi connectivity index (χ0v) is 23.6. The molecule has 13 nitrogen and oxygen atoms in total. The van der Waals surface area contributed by atoms with Crippen molar-refractivity contribution in [1.29, 1.82) is 0 Å². The van der Waals surface area contributed by atoms with Crippen LogP contribution in [0.15, 0.2) is 72.8 Å². The van der Waals surface area contributed by atoms with Gasteiger partial charge in [0.05, 0.1) is 61.2 Å². The first-order valence-electron chi connectivity index (χ1n) is 14.0. The summed E-state index contributed by atoms with van der Waals surface area (Å²) in [6, 6.07) is 8.70. The van der Waals surface area contributed by atoms with Crippen LogP contribution < -0.4 is 16.4 Å². The fourth-order valence-corrected chi connectivity index (χ4v) is 6.22. The van der Waals surface area contributed by atoms with Crippen molar-refractivity contribution in [3.05, 3.63) is 73.4 Å². The third kappa shape index (κ3) is 5.48. The molecule has 226 valence electrons. The summed E-state index contributed by atoms with van der Waals surface area (Å²) in [6.45, 7) is 7.67. The molecule has 4 aliphatic rings. The molecule has 4 saturated heterocycles. The molecule has 8 unspecified atom stereocenters. The summed E-state index contributed by atoms with van der Waals surface area (Å²) in [5.74, 6) is -4.72. The number of carbonyl (C=O) groups excluding carboxylic acids is 5. The van der Waals surface area contributed by atoms with Crippen molar-refractivity contribution in [3.63, 3.8) is 0 Å². The highest BCUT2D eigenvalue weighted by Crippen LogP contribution is 2.44. The average Bonchev–Trinajstić information content (AvgIpc) is 3.70. The van der Waals surface area contributed by atoms with Gasteiger partial charge in [0.25, 0.3) is 0 Å².